The second-order valence-corrected chi connectivity index (χ2v) is 6.06. The van der Waals surface area contributed by atoms with Gasteiger partial charge in [-0.2, -0.15) is 5.10 Å². The SMILES string of the molecule is Cc1noc(C)c1C(=O)N1CCC[C@H]1c1c(C)nn(C)c1C. The highest BCUT2D eigenvalue weighted by Gasteiger charge is 2.35. The smallest absolute Gasteiger partial charge is 0.259 e. The van der Waals surface area contributed by atoms with E-state index in [2.05, 4.69) is 17.2 Å². The van der Waals surface area contributed by atoms with Crippen LogP contribution >= 0.6 is 0 Å². The zero-order chi connectivity index (χ0) is 16.0. The van der Waals surface area contributed by atoms with Gasteiger partial charge in [-0.05, 0) is 40.5 Å². The Kier molecular flexibility index (Phi) is 3.54. The summed E-state index contributed by atoms with van der Waals surface area (Å²) in [7, 11) is 1.95. The summed E-state index contributed by atoms with van der Waals surface area (Å²) in [5.74, 6) is 0.606. The average molecular weight is 302 g/mol. The highest BCUT2D eigenvalue weighted by atomic mass is 16.5. The van der Waals surface area contributed by atoms with Crippen LogP contribution in [0.3, 0.4) is 0 Å². The molecule has 0 bridgehead atoms. The van der Waals surface area contributed by atoms with Crippen LogP contribution in [0.5, 0.6) is 0 Å². The van der Waals surface area contributed by atoms with Gasteiger partial charge in [0, 0.05) is 24.8 Å². The molecule has 1 saturated heterocycles. The van der Waals surface area contributed by atoms with Crippen molar-refractivity contribution in [1.29, 1.82) is 0 Å². The topological polar surface area (TPSA) is 64.2 Å². The Balaban J connectivity index is 1.99. The van der Waals surface area contributed by atoms with E-state index < -0.39 is 0 Å². The summed E-state index contributed by atoms with van der Waals surface area (Å²) in [6.07, 6.45) is 1.98. The third-order valence-electron chi connectivity index (χ3n) is 4.66. The fourth-order valence-electron chi connectivity index (χ4n) is 3.51. The Labute approximate surface area is 130 Å². The largest absolute Gasteiger partial charge is 0.361 e. The molecule has 0 radical (unpaired) electrons. The highest BCUT2D eigenvalue weighted by Crippen LogP contribution is 2.36. The van der Waals surface area contributed by atoms with E-state index in [9.17, 15) is 4.79 Å². The molecular weight excluding hydrogens is 280 g/mol. The van der Waals surface area contributed by atoms with Gasteiger partial charge in [-0.3, -0.25) is 9.48 Å². The molecule has 1 fully saturated rings. The van der Waals surface area contributed by atoms with Gasteiger partial charge in [-0.1, -0.05) is 5.16 Å². The maximum absolute atomic E-state index is 13.0. The lowest BCUT2D eigenvalue weighted by molar-refractivity contribution is 0.0732. The first-order valence-corrected chi connectivity index (χ1v) is 7.65. The molecule has 1 atom stereocenters. The van der Waals surface area contributed by atoms with Crippen molar-refractivity contribution in [1.82, 2.24) is 19.8 Å². The minimum absolute atomic E-state index is 0.0152. The molecule has 0 saturated carbocycles. The summed E-state index contributed by atoms with van der Waals surface area (Å²) in [6.45, 7) is 8.45. The molecule has 2 aromatic heterocycles. The van der Waals surface area contributed by atoms with E-state index in [0.717, 1.165) is 30.8 Å². The van der Waals surface area contributed by atoms with Gasteiger partial charge in [0.2, 0.25) is 0 Å². The molecular formula is C16H22N4O2. The van der Waals surface area contributed by atoms with E-state index in [1.54, 1.807) is 6.92 Å². The van der Waals surface area contributed by atoms with Crippen LogP contribution in [0.4, 0.5) is 0 Å². The summed E-state index contributed by atoms with van der Waals surface area (Å²) in [4.78, 5) is 14.9. The van der Waals surface area contributed by atoms with Gasteiger partial charge < -0.3 is 9.42 Å². The Morgan fingerprint density at radius 3 is 2.50 bits per heavy atom. The van der Waals surface area contributed by atoms with Crippen LogP contribution in [0.2, 0.25) is 0 Å². The molecule has 3 heterocycles. The standard InChI is InChI=1S/C16H22N4O2/c1-9-14(11(3)19(5)17-9)13-7-6-8-20(13)16(21)15-10(2)18-22-12(15)4/h13H,6-8H2,1-5H3/t13-/m0/s1. The molecule has 3 rings (SSSR count). The van der Waals surface area contributed by atoms with Gasteiger partial charge in [0.05, 0.1) is 17.4 Å². The number of hydrogen-bond donors (Lipinski definition) is 0. The molecule has 6 nitrogen and oxygen atoms in total. The van der Waals surface area contributed by atoms with Crippen LogP contribution < -0.4 is 0 Å². The van der Waals surface area contributed by atoms with Crippen molar-refractivity contribution >= 4 is 5.91 Å². The Bertz CT molecular complexity index is 709. The zero-order valence-corrected chi connectivity index (χ0v) is 13.8. The van der Waals surface area contributed by atoms with Crippen molar-refractivity contribution < 1.29 is 9.32 Å². The number of likely N-dealkylation sites (tertiary alicyclic amines) is 1. The molecule has 0 spiro atoms. The van der Waals surface area contributed by atoms with Gasteiger partial charge in [-0.15, -0.1) is 0 Å². The Hall–Kier alpha value is -2.11. The number of rotatable bonds is 2. The molecule has 0 aliphatic carbocycles. The highest BCUT2D eigenvalue weighted by molar-refractivity contribution is 5.96. The van der Waals surface area contributed by atoms with E-state index in [-0.39, 0.29) is 11.9 Å². The third-order valence-corrected chi connectivity index (χ3v) is 4.66. The fourth-order valence-corrected chi connectivity index (χ4v) is 3.51. The van der Waals surface area contributed by atoms with Crippen molar-refractivity contribution in [3.8, 4) is 0 Å². The quantitative estimate of drug-likeness (QED) is 0.855. The molecule has 0 unspecified atom stereocenters. The number of nitrogens with zero attached hydrogens (tertiary/aromatic N) is 4. The van der Waals surface area contributed by atoms with E-state index >= 15 is 0 Å². The summed E-state index contributed by atoms with van der Waals surface area (Å²) in [5.41, 5.74) is 4.57. The second-order valence-electron chi connectivity index (χ2n) is 6.06. The van der Waals surface area contributed by atoms with Gasteiger partial charge in [0.1, 0.15) is 11.3 Å². The zero-order valence-electron chi connectivity index (χ0n) is 13.8. The lowest BCUT2D eigenvalue weighted by atomic mass is 10.0. The number of carbonyl (C=O) groups is 1. The van der Waals surface area contributed by atoms with Crippen molar-refractivity contribution in [2.24, 2.45) is 7.05 Å². The summed E-state index contributed by atoms with van der Waals surface area (Å²) < 4.78 is 7.04. The van der Waals surface area contributed by atoms with E-state index in [1.165, 1.54) is 5.56 Å². The Morgan fingerprint density at radius 2 is 1.95 bits per heavy atom. The lowest BCUT2D eigenvalue weighted by Gasteiger charge is -2.25. The summed E-state index contributed by atoms with van der Waals surface area (Å²) in [5, 5.41) is 8.40. The number of aromatic nitrogens is 3. The fraction of sp³-hybridized carbons (Fsp3) is 0.562. The van der Waals surface area contributed by atoms with Gasteiger partial charge in [0.25, 0.3) is 5.91 Å². The molecule has 6 heteroatoms. The van der Waals surface area contributed by atoms with Gasteiger partial charge in [0.15, 0.2) is 0 Å². The number of carbonyl (C=O) groups excluding carboxylic acids is 1. The van der Waals surface area contributed by atoms with Crippen molar-refractivity contribution in [2.45, 2.75) is 46.6 Å². The molecule has 1 aliphatic rings. The summed E-state index contributed by atoms with van der Waals surface area (Å²) >= 11 is 0. The first-order valence-electron chi connectivity index (χ1n) is 7.65. The number of hydrogen-bond acceptors (Lipinski definition) is 4. The van der Waals surface area contributed by atoms with Crippen LogP contribution in [0.25, 0.3) is 0 Å². The predicted octanol–water partition coefficient (Wildman–Crippen LogP) is 2.62. The first kappa shape index (κ1) is 14.8. The normalized spacial score (nSPS) is 18.2. The van der Waals surface area contributed by atoms with Gasteiger partial charge >= 0.3 is 0 Å². The minimum atomic E-state index is 0.0152. The first-order chi connectivity index (χ1) is 10.4. The third kappa shape index (κ3) is 2.14. The summed E-state index contributed by atoms with van der Waals surface area (Å²) in [6, 6.07) is 0.0925. The lowest BCUT2D eigenvalue weighted by Crippen LogP contribution is -2.31. The van der Waals surface area contributed by atoms with E-state index in [0.29, 0.717) is 17.0 Å². The predicted molar refractivity (Wildman–Crippen MR) is 81.7 cm³/mol. The minimum Gasteiger partial charge on any atom is -0.361 e. The maximum Gasteiger partial charge on any atom is 0.259 e. The molecule has 22 heavy (non-hydrogen) atoms. The van der Waals surface area contributed by atoms with E-state index in [1.807, 2.05) is 30.5 Å². The van der Waals surface area contributed by atoms with Crippen LogP contribution in [-0.2, 0) is 7.05 Å². The monoisotopic (exact) mass is 302 g/mol. The van der Waals surface area contributed by atoms with Crippen molar-refractivity contribution in [3.63, 3.8) is 0 Å². The second kappa shape index (κ2) is 5.26. The van der Waals surface area contributed by atoms with Crippen molar-refractivity contribution in [3.05, 3.63) is 34.0 Å². The van der Waals surface area contributed by atoms with Crippen LogP contribution in [-0.4, -0.2) is 32.3 Å². The average Bonchev–Trinajstić information content (AvgIpc) is 3.11. The maximum atomic E-state index is 13.0. The molecule has 0 aromatic carbocycles. The van der Waals surface area contributed by atoms with Crippen molar-refractivity contribution in [2.75, 3.05) is 6.54 Å². The van der Waals surface area contributed by atoms with Crippen LogP contribution in [0.1, 0.15) is 57.6 Å². The molecule has 0 N–H and O–H groups in total. The van der Waals surface area contributed by atoms with Crippen LogP contribution in [0, 0.1) is 27.7 Å². The molecule has 1 aliphatic heterocycles. The van der Waals surface area contributed by atoms with Crippen LogP contribution in [0.15, 0.2) is 4.52 Å². The molecule has 1 amide bonds. The molecule has 2 aromatic rings. The molecule has 118 valence electrons. The Morgan fingerprint density at radius 1 is 1.23 bits per heavy atom. The number of aryl methyl sites for hydroxylation is 4. The number of amides is 1. The van der Waals surface area contributed by atoms with E-state index in [4.69, 9.17) is 4.52 Å². The van der Waals surface area contributed by atoms with Gasteiger partial charge in [-0.25, -0.2) is 0 Å².